The van der Waals surface area contributed by atoms with Crippen LogP contribution in [0, 0.1) is 0 Å². The molecule has 0 aromatic heterocycles. The minimum atomic E-state index is -0.191. The second kappa shape index (κ2) is 10.2. The summed E-state index contributed by atoms with van der Waals surface area (Å²) in [6.07, 6.45) is 0. The molecule has 2 N–H and O–H groups in total. The standard InChI is InChI=1S/C21H27ClN4O2/c1-2-28-20-9-5-18(6-10-20)24-21(27)23-11-12-25-13-15-26(16-14-25)19-7-3-17(22)4-8-19/h3-10H,2,11-16H2,1H3,(H2,23,24,27). The topological polar surface area (TPSA) is 56.8 Å². The zero-order valence-corrected chi connectivity index (χ0v) is 16.9. The van der Waals surface area contributed by atoms with Crippen molar-refractivity contribution in [1.82, 2.24) is 10.2 Å². The van der Waals surface area contributed by atoms with E-state index in [9.17, 15) is 4.79 Å². The number of urea groups is 1. The lowest BCUT2D eigenvalue weighted by molar-refractivity contribution is 0.240. The van der Waals surface area contributed by atoms with Gasteiger partial charge in [-0.05, 0) is 55.5 Å². The molecule has 0 unspecified atom stereocenters. The molecule has 0 atom stereocenters. The number of rotatable bonds is 7. The number of carbonyl (C=O) groups is 1. The van der Waals surface area contributed by atoms with Crippen LogP contribution in [-0.2, 0) is 0 Å². The summed E-state index contributed by atoms with van der Waals surface area (Å²) in [5, 5.41) is 6.52. The molecule has 2 amide bonds. The third-order valence-corrected chi connectivity index (χ3v) is 4.95. The number of anilines is 2. The molecule has 3 rings (SSSR count). The minimum Gasteiger partial charge on any atom is -0.494 e. The molecule has 0 saturated carbocycles. The Morgan fingerprint density at radius 1 is 1.04 bits per heavy atom. The Morgan fingerprint density at radius 3 is 2.36 bits per heavy atom. The predicted octanol–water partition coefficient (Wildman–Crippen LogP) is 3.68. The van der Waals surface area contributed by atoms with Gasteiger partial charge in [0.1, 0.15) is 5.75 Å². The van der Waals surface area contributed by atoms with E-state index in [-0.39, 0.29) is 6.03 Å². The van der Waals surface area contributed by atoms with Crippen LogP contribution in [0.15, 0.2) is 48.5 Å². The van der Waals surface area contributed by atoms with Gasteiger partial charge in [-0.2, -0.15) is 0 Å². The Kier molecular flexibility index (Phi) is 7.39. The first kappa shape index (κ1) is 20.3. The summed E-state index contributed by atoms with van der Waals surface area (Å²) < 4.78 is 5.40. The maximum absolute atomic E-state index is 12.0. The van der Waals surface area contributed by atoms with Gasteiger partial charge < -0.3 is 20.3 Å². The number of nitrogens with one attached hydrogen (secondary N) is 2. The maximum atomic E-state index is 12.0. The van der Waals surface area contributed by atoms with Gasteiger partial charge in [0.25, 0.3) is 0 Å². The smallest absolute Gasteiger partial charge is 0.319 e. The molecule has 0 spiro atoms. The maximum Gasteiger partial charge on any atom is 0.319 e. The van der Waals surface area contributed by atoms with Crippen LogP contribution in [-0.4, -0.2) is 56.8 Å². The average Bonchev–Trinajstić information content (AvgIpc) is 2.71. The summed E-state index contributed by atoms with van der Waals surface area (Å²) in [5.74, 6) is 0.797. The van der Waals surface area contributed by atoms with Gasteiger partial charge in [-0.1, -0.05) is 11.6 Å². The third kappa shape index (κ3) is 6.04. The van der Waals surface area contributed by atoms with Gasteiger partial charge in [0, 0.05) is 55.7 Å². The number of benzene rings is 2. The number of amides is 2. The molecule has 1 heterocycles. The van der Waals surface area contributed by atoms with E-state index < -0.39 is 0 Å². The van der Waals surface area contributed by atoms with Crippen molar-refractivity contribution in [3.63, 3.8) is 0 Å². The first-order valence-electron chi connectivity index (χ1n) is 9.64. The molecule has 7 heteroatoms. The highest BCUT2D eigenvalue weighted by molar-refractivity contribution is 6.30. The number of piperazine rings is 1. The molecule has 1 saturated heterocycles. The zero-order valence-electron chi connectivity index (χ0n) is 16.2. The highest BCUT2D eigenvalue weighted by Crippen LogP contribution is 2.19. The summed E-state index contributed by atoms with van der Waals surface area (Å²) in [5.41, 5.74) is 1.95. The number of hydrogen-bond donors (Lipinski definition) is 2. The van der Waals surface area contributed by atoms with Gasteiger partial charge >= 0.3 is 6.03 Å². The van der Waals surface area contributed by atoms with Gasteiger partial charge in [0.15, 0.2) is 0 Å². The SMILES string of the molecule is CCOc1ccc(NC(=O)NCCN2CCN(c3ccc(Cl)cc3)CC2)cc1. The van der Waals surface area contributed by atoms with E-state index in [1.54, 1.807) is 0 Å². The molecule has 150 valence electrons. The lowest BCUT2D eigenvalue weighted by atomic mass is 10.2. The lowest BCUT2D eigenvalue weighted by Gasteiger charge is -2.36. The fraction of sp³-hybridized carbons (Fsp3) is 0.381. The van der Waals surface area contributed by atoms with Crippen LogP contribution in [0.25, 0.3) is 0 Å². The summed E-state index contributed by atoms with van der Waals surface area (Å²) >= 11 is 5.96. The van der Waals surface area contributed by atoms with Gasteiger partial charge in [0.05, 0.1) is 6.61 Å². The highest BCUT2D eigenvalue weighted by Gasteiger charge is 2.17. The number of ether oxygens (including phenoxy) is 1. The van der Waals surface area contributed by atoms with Crippen molar-refractivity contribution in [2.75, 3.05) is 56.1 Å². The van der Waals surface area contributed by atoms with Crippen molar-refractivity contribution in [3.05, 3.63) is 53.6 Å². The number of hydrogen-bond acceptors (Lipinski definition) is 4. The van der Waals surface area contributed by atoms with Crippen LogP contribution >= 0.6 is 11.6 Å². The molecular weight excluding hydrogens is 376 g/mol. The minimum absolute atomic E-state index is 0.191. The molecule has 1 aliphatic heterocycles. The zero-order chi connectivity index (χ0) is 19.8. The van der Waals surface area contributed by atoms with Gasteiger partial charge in [0.2, 0.25) is 0 Å². The first-order valence-corrected chi connectivity index (χ1v) is 10.0. The quantitative estimate of drug-likeness (QED) is 0.741. The molecule has 0 bridgehead atoms. The van der Waals surface area contributed by atoms with Crippen LogP contribution < -0.4 is 20.3 Å². The van der Waals surface area contributed by atoms with E-state index in [2.05, 4.69) is 32.6 Å². The first-order chi connectivity index (χ1) is 13.6. The monoisotopic (exact) mass is 402 g/mol. The normalized spacial score (nSPS) is 14.6. The Labute approximate surface area is 171 Å². The molecule has 2 aromatic rings. The Bertz CT molecular complexity index is 744. The summed E-state index contributed by atoms with van der Waals surface area (Å²) in [6, 6.07) is 15.1. The second-order valence-corrected chi connectivity index (χ2v) is 7.08. The van der Waals surface area contributed by atoms with E-state index in [1.807, 2.05) is 43.3 Å². The fourth-order valence-corrected chi connectivity index (χ4v) is 3.31. The molecule has 1 fully saturated rings. The van der Waals surface area contributed by atoms with E-state index in [0.717, 1.165) is 49.2 Å². The fourth-order valence-electron chi connectivity index (χ4n) is 3.19. The lowest BCUT2D eigenvalue weighted by Crippen LogP contribution is -2.48. The molecule has 0 radical (unpaired) electrons. The molecule has 0 aliphatic carbocycles. The van der Waals surface area contributed by atoms with Crippen LogP contribution in [0.4, 0.5) is 16.2 Å². The highest BCUT2D eigenvalue weighted by atomic mass is 35.5. The predicted molar refractivity (Wildman–Crippen MR) is 115 cm³/mol. The molecule has 28 heavy (non-hydrogen) atoms. The molecular formula is C21H27ClN4O2. The van der Waals surface area contributed by atoms with Gasteiger partial charge in [-0.25, -0.2) is 4.79 Å². The Balaban J connectivity index is 1.34. The summed E-state index contributed by atoms with van der Waals surface area (Å²) in [6.45, 7) is 7.92. The number of halogens is 1. The van der Waals surface area contributed by atoms with E-state index in [4.69, 9.17) is 16.3 Å². The van der Waals surface area contributed by atoms with Crippen molar-refractivity contribution < 1.29 is 9.53 Å². The van der Waals surface area contributed by atoms with Gasteiger partial charge in [-0.3, -0.25) is 4.90 Å². The largest absolute Gasteiger partial charge is 0.494 e. The van der Waals surface area contributed by atoms with E-state index >= 15 is 0 Å². The van der Waals surface area contributed by atoms with Gasteiger partial charge in [-0.15, -0.1) is 0 Å². The number of carbonyl (C=O) groups excluding carboxylic acids is 1. The van der Waals surface area contributed by atoms with Crippen LogP contribution in [0.5, 0.6) is 5.75 Å². The van der Waals surface area contributed by atoms with Crippen molar-refractivity contribution in [2.24, 2.45) is 0 Å². The number of nitrogens with zero attached hydrogens (tertiary/aromatic N) is 2. The van der Waals surface area contributed by atoms with Crippen LogP contribution in [0.2, 0.25) is 5.02 Å². The van der Waals surface area contributed by atoms with Crippen LogP contribution in [0.3, 0.4) is 0 Å². The van der Waals surface area contributed by atoms with E-state index in [0.29, 0.717) is 13.2 Å². The average molecular weight is 403 g/mol. The van der Waals surface area contributed by atoms with Crippen molar-refractivity contribution in [2.45, 2.75) is 6.92 Å². The molecule has 1 aliphatic rings. The third-order valence-electron chi connectivity index (χ3n) is 4.70. The Morgan fingerprint density at radius 2 is 1.71 bits per heavy atom. The molecule has 2 aromatic carbocycles. The van der Waals surface area contributed by atoms with Crippen molar-refractivity contribution in [3.8, 4) is 5.75 Å². The summed E-state index contributed by atoms with van der Waals surface area (Å²) in [7, 11) is 0. The van der Waals surface area contributed by atoms with Crippen molar-refractivity contribution in [1.29, 1.82) is 0 Å². The second-order valence-electron chi connectivity index (χ2n) is 6.64. The van der Waals surface area contributed by atoms with E-state index in [1.165, 1.54) is 5.69 Å². The van der Waals surface area contributed by atoms with Crippen molar-refractivity contribution >= 4 is 29.0 Å². The van der Waals surface area contributed by atoms with Crippen LogP contribution in [0.1, 0.15) is 6.92 Å². The molecule has 6 nitrogen and oxygen atoms in total. The Hall–Kier alpha value is -2.44. The summed E-state index contributed by atoms with van der Waals surface area (Å²) in [4.78, 5) is 16.8.